The maximum atomic E-state index is 12.0. The molecule has 0 radical (unpaired) electrons. The quantitative estimate of drug-likeness (QED) is 0.886. The van der Waals surface area contributed by atoms with Gasteiger partial charge < -0.3 is 15.2 Å². The van der Waals surface area contributed by atoms with Crippen LogP contribution in [0.4, 0.5) is 0 Å². The third kappa shape index (κ3) is 3.51. The van der Waals surface area contributed by atoms with Gasteiger partial charge in [0.15, 0.2) is 6.10 Å². The first-order chi connectivity index (χ1) is 11.1. The Morgan fingerprint density at radius 3 is 2.61 bits per heavy atom. The second kappa shape index (κ2) is 6.79. The summed E-state index contributed by atoms with van der Waals surface area (Å²) in [4.78, 5) is 22.9. The van der Waals surface area contributed by atoms with Crippen LogP contribution in [0.15, 0.2) is 42.5 Å². The number of hydrogen-bond donors (Lipinski definition) is 2. The number of hydrogen-bond acceptors (Lipinski definition) is 3. The topological polar surface area (TPSA) is 75.6 Å². The van der Waals surface area contributed by atoms with Crippen LogP contribution < -0.4 is 5.32 Å². The number of nitrogens with one attached hydrogen (secondary N) is 1. The minimum atomic E-state index is -1.00. The third-order valence-electron chi connectivity index (χ3n) is 4.16. The molecule has 2 aromatic carbocycles. The van der Waals surface area contributed by atoms with Crippen LogP contribution in [-0.2, 0) is 20.7 Å². The predicted octanol–water partition coefficient (Wildman–Crippen LogP) is 2.13. The number of rotatable bonds is 5. The molecule has 0 aliphatic carbocycles. The monoisotopic (exact) mass is 313 g/mol. The Balaban J connectivity index is 1.55. The molecule has 1 heterocycles. The lowest BCUT2D eigenvalue weighted by Crippen LogP contribution is -2.36. The van der Waals surface area contributed by atoms with Crippen LogP contribution in [0.5, 0.6) is 0 Å². The Hall–Kier alpha value is -2.40. The number of carbonyl (C=O) groups is 2. The highest BCUT2D eigenvalue weighted by molar-refractivity contribution is 5.86. The minimum absolute atomic E-state index is 0.228. The molecule has 1 aliphatic rings. The Labute approximate surface area is 134 Å². The van der Waals surface area contributed by atoms with Gasteiger partial charge >= 0.3 is 5.97 Å². The normalized spacial score (nSPS) is 20.5. The summed E-state index contributed by atoms with van der Waals surface area (Å²) in [5.74, 6) is -1.23. The van der Waals surface area contributed by atoms with E-state index in [4.69, 9.17) is 9.84 Å². The van der Waals surface area contributed by atoms with Gasteiger partial charge in [-0.25, -0.2) is 4.79 Å². The number of carbonyl (C=O) groups excluding carboxylic acids is 1. The lowest BCUT2D eigenvalue weighted by Gasteiger charge is -2.12. The second-order valence-electron chi connectivity index (χ2n) is 5.71. The number of carboxylic acids is 1. The first-order valence-corrected chi connectivity index (χ1v) is 7.78. The van der Waals surface area contributed by atoms with Crippen molar-refractivity contribution in [3.8, 4) is 0 Å². The molecule has 1 saturated heterocycles. The van der Waals surface area contributed by atoms with Crippen molar-refractivity contribution in [2.75, 3.05) is 6.54 Å². The van der Waals surface area contributed by atoms with E-state index in [1.54, 1.807) is 0 Å². The first-order valence-electron chi connectivity index (χ1n) is 7.78. The van der Waals surface area contributed by atoms with Gasteiger partial charge in [0.2, 0.25) is 5.91 Å². The van der Waals surface area contributed by atoms with Gasteiger partial charge in [0.05, 0.1) is 0 Å². The van der Waals surface area contributed by atoms with E-state index in [-0.39, 0.29) is 5.91 Å². The molecule has 23 heavy (non-hydrogen) atoms. The zero-order valence-corrected chi connectivity index (χ0v) is 12.7. The molecule has 2 aromatic rings. The average Bonchev–Trinajstić information content (AvgIpc) is 3.05. The van der Waals surface area contributed by atoms with Gasteiger partial charge in [-0.1, -0.05) is 42.5 Å². The highest BCUT2D eigenvalue weighted by atomic mass is 16.5. The molecule has 0 unspecified atom stereocenters. The third-order valence-corrected chi connectivity index (χ3v) is 4.16. The summed E-state index contributed by atoms with van der Waals surface area (Å²) in [5.41, 5.74) is 1.18. The molecule has 0 saturated carbocycles. The van der Waals surface area contributed by atoms with Crippen LogP contribution >= 0.6 is 0 Å². The average molecular weight is 313 g/mol. The highest BCUT2D eigenvalue weighted by Crippen LogP contribution is 2.20. The molecule has 120 valence electrons. The van der Waals surface area contributed by atoms with Crippen LogP contribution in [0.3, 0.4) is 0 Å². The lowest BCUT2D eigenvalue weighted by molar-refractivity contribution is -0.151. The summed E-state index contributed by atoms with van der Waals surface area (Å²) < 4.78 is 5.25. The summed E-state index contributed by atoms with van der Waals surface area (Å²) in [6, 6.07) is 14.3. The van der Waals surface area contributed by atoms with Crippen molar-refractivity contribution in [1.29, 1.82) is 0 Å². The van der Waals surface area contributed by atoms with Gasteiger partial charge in [0.1, 0.15) is 6.10 Å². The maximum absolute atomic E-state index is 12.0. The Bertz CT molecular complexity index is 723. The molecule has 5 heteroatoms. The maximum Gasteiger partial charge on any atom is 0.332 e. The van der Waals surface area contributed by atoms with Crippen molar-refractivity contribution in [3.63, 3.8) is 0 Å². The van der Waals surface area contributed by atoms with Crippen LogP contribution in [0.25, 0.3) is 10.8 Å². The van der Waals surface area contributed by atoms with Crippen molar-refractivity contribution < 1.29 is 19.4 Å². The Morgan fingerprint density at radius 1 is 1.09 bits per heavy atom. The van der Waals surface area contributed by atoms with Gasteiger partial charge in [0, 0.05) is 6.54 Å². The number of carboxylic acid groups (broad SMARTS) is 1. The van der Waals surface area contributed by atoms with Crippen LogP contribution in [-0.4, -0.2) is 35.7 Å². The smallest absolute Gasteiger partial charge is 0.332 e. The zero-order valence-electron chi connectivity index (χ0n) is 12.7. The highest BCUT2D eigenvalue weighted by Gasteiger charge is 2.34. The molecular formula is C18H19NO4. The standard InChI is InChI=1S/C18H19NO4/c20-17(15-8-9-16(23-15)18(21)22)19-11-10-13-6-3-5-12-4-1-2-7-14(12)13/h1-7,15-16H,8-11H2,(H,19,20)(H,21,22)/t15-,16+/m0/s1. The summed E-state index contributed by atoms with van der Waals surface area (Å²) in [6.07, 6.45) is 0.0585. The van der Waals surface area contributed by atoms with E-state index in [1.165, 1.54) is 16.3 Å². The summed E-state index contributed by atoms with van der Waals surface area (Å²) in [5, 5.41) is 14.1. The Kier molecular flexibility index (Phi) is 4.57. The molecule has 1 aliphatic heterocycles. The van der Waals surface area contributed by atoms with E-state index in [0.29, 0.717) is 19.4 Å². The summed E-state index contributed by atoms with van der Waals surface area (Å²) in [6.45, 7) is 0.504. The molecular weight excluding hydrogens is 294 g/mol. The number of amides is 1. The fourth-order valence-electron chi connectivity index (χ4n) is 2.96. The Morgan fingerprint density at radius 2 is 1.83 bits per heavy atom. The SMILES string of the molecule is O=C(NCCc1cccc2ccccc12)[C@@H]1CC[C@H](C(=O)O)O1. The molecule has 1 amide bonds. The lowest BCUT2D eigenvalue weighted by atomic mass is 10.0. The van der Waals surface area contributed by atoms with Crippen molar-refractivity contribution >= 4 is 22.6 Å². The summed E-state index contributed by atoms with van der Waals surface area (Å²) >= 11 is 0. The molecule has 0 bridgehead atoms. The number of aliphatic carboxylic acids is 1. The molecule has 0 aromatic heterocycles. The molecule has 0 spiro atoms. The van der Waals surface area contributed by atoms with Gasteiger partial charge in [-0.15, -0.1) is 0 Å². The van der Waals surface area contributed by atoms with E-state index in [9.17, 15) is 9.59 Å². The minimum Gasteiger partial charge on any atom is -0.479 e. The van der Waals surface area contributed by atoms with Crippen molar-refractivity contribution in [2.24, 2.45) is 0 Å². The van der Waals surface area contributed by atoms with Crippen molar-refractivity contribution in [1.82, 2.24) is 5.32 Å². The van der Waals surface area contributed by atoms with E-state index in [0.717, 1.165) is 6.42 Å². The molecule has 2 atom stereocenters. The van der Waals surface area contributed by atoms with E-state index in [2.05, 4.69) is 29.6 Å². The number of fused-ring (bicyclic) bond motifs is 1. The summed E-state index contributed by atoms with van der Waals surface area (Å²) in [7, 11) is 0. The largest absolute Gasteiger partial charge is 0.479 e. The second-order valence-corrected chi connectivity index (χ2v) is 5.71. The fraction of sp³-hybridized carbons (Fsp3) is 0.333. The van der Waals surface area contributed by atoms with Gasteiger partial charge in [0.25, 0.3) is 0 Å². The van der Waals surface area contributed by atoms with Crippen LogP contribution in [0.1, 0.15) is 18.4 Å². The molecule has 5 nitrogen and oxygen atoms in total. The fourth-order valence-corrected chi connectivity index (χ4v) is 2.96. The number of ether oxygens (including phenoxy) is 1. The van der Waals surface area contributed by atoms with E-state index < -0.39 is 18.2 Å². The number of benzene rings is 2. The molecule has 3 rings (SSSR count). The van der Waals surface area contributed by atoms with Gasteiger partial charge in [-0.3, -0.25) is 4.79 Å². The van der Waals surface area contributed by atoms with Gasteiger partial charge in [-0.2, -0.15) is 0 Å². The van der Waals surface area contributed by atoms with E-state index in [1.807, 2.05) is 18.2 Å². The molecule has 1 fully saturated rings. The first kappa shape index (κ1) is 15.5. The van der Waals surface area contributed by atoms with Crippen molar-refractivity contribution in [2.45, 2.75) is 31.5 Å². The molecule has 2 N–H and O–H groups in total. The zero-order chi connectivity index (χ0) is 16.2. The van der Waals surface area contributed by atoms with Crippen molar-refractivity contribution in [3.05, 3.63) is 48.0 Å². The van der Waals surface area contributed by atoms with E-state index >= 15 is 0 Å². The van der Waals surface area contributed by atoms with Crippen LogP contribution in [0, 0.1) is 0 Å². The van der Waals surface area contributed by atoms with Gasteiger partial charge in [-0.05, 0) is 35.6 Å². The van der Waals surface area contributed by atoms with Crippen LogP contribution in [0.2, 0.25) is 0 Å². The predicted molar refractivity (Wildman–Crippen MR) is 86.2 cm³/mol.